The number of amides is 1. The van der Waals surface area contributed by atoms with E-state index >= 15 is 0 Å². The zero-order valence-corrected chi connectivity index (χ0v) is 17.8. The number of nitrogens with zero attached hydrogens (tertiary/aromatic N) is 3. The van der Waals surface area contributed by atoms with Gasteiger partial charge in [-0.15, -0.1) is 0 Å². The van der Waals surface area contributed by atoms with Crippen LogP contribution in [0.2, 0.25) is 0 Å². The molecule has 0 bridgehead atoms. The van der Waals surface area contributed by atoms with Crippen LogP contribution >= 0.6 is 0 Å². The second-order valence-electron chi connectivity index (χ2n) is 7.88. The quantitative estimate of drug-likeness (QED) is 0.592. The van der Waals surface area contributed by atoms with Gasteiger partial charge in [0.1, 0.15) is 11.4 Å². The number of nitrogen functional groups attached to an aromatic ring is 1. The van der Waals surface area contributed by atoms with Gasteiger partial charge in [0.2, 0.25) is 5.91 Å². The summed E-state index contributed by atoms with van der Waals surface area (Å²) in [6.45, 7) is 2.55. The molecule has 1 aromatic heterocycles. The Labute approximate surface area is 180 Å². The Kier molecular flexibility index (Phi) is 7.06. The molecule has 1 saturated heterocycles. The number of primary amides is 1. The lowest BCUT2D eigenvalue weighted by Gasteiger charge is -2.33. The minimum Gasteiger partial charge on any atom is -0.384 e. The molecule has 166 valence electrons. The van der Waals surface area contributed by atoms with Crippen molar-refractivity contribution in [2.75, 3.05) is 18.8 Å². The molecule has 1 aliphatic heterocycles. The zero-order chi connectivity index (χ0) is 22.5. The van der Waals surface area contributed by atoms with Crippen molar-refractivity contribution in [3.05, 3.63) is 62.3 Å². The number of hydrogen-bond acceptors (Lipinski definition) is 6. The molecule has 1 atom stereocenters. The van der Waals surface area contributed by atoms with Gasteiger partial charge in [-0.2, -0.15) is 0 Å². The number of rotatable bonds is 8. The number of ketones is 1. The van der Waals surface area contributed by atoms with E-state index in [4.69, 9.17) is 11.5 Å². The predicted molar refractivity (Wildman–Crippen MR) is 118 cm³/mol. The Balaban J connectivity index is 2.04. The third-order valence-corrected chi connectivity index (χ3v) is 5.67. The molecule has 1 amide bonds. The van der Waals surface area contributed by atoms with E-state index in [0.29, 0.717) is 19.4 Å². The van der Waals surface area contributed by atoms with Crippen LogP contribution in [0.5, 0.6) is 0 Å². The zero-order valence-electron chi connectivity index (χ0n) is 17.8. The van der Waals surface area contributed by atoms with Crippen molar-refractivity contribution >= 4 is 17.5 Å². The molecule has 4 N–H and O–H groups in total. The maximum absolute atomic E-state index is 13.2. The van der Waals surface area contributed by atoms with Crippen LogP contribution in [-0.4, -0.2) is 44.9 Å². The standard InChI is InChI=1S/C22H29N5O4/c1-2-11-26-21(30)18(17(28)14-25-12-7-6-10-16(25)20(24)29)19(23)27(22(26)31)13-15-8-4-3-5-9-15/h3-5,8-9,16H,2,6-7,10-14,23H2,1H3,(H2,24,29). The van der Waals surface area contributed by atoms with Gasteiger partial charge < -0.3 is 11.5 Å². The first kappa shape index (κ1) is 22.5. The summed E-state index contributed by atoms with van der Waals surface area (Å²) in [6.07, 6.45) is 2.81. The number of aromatic nitrogens is 2. The second-order valence-corrected chi connectivity index (χ2v) is 7.88. The molecule has 2 aromatic rings. The van der Waals surface area contributed by atoms with Crippen LogP contribution in [0.1, 0.15) is 48.5 Å². The lowest BCUT2D eigenvalue weighted by molar-refractivity contribution is -0.124. The number of carbonyl (C=O) groups is 2. The summed E-state index contributed by atoms with van der Waals surface area (Å²) in [6, 6.07) is 8.67. The number of carbonyl (C=O) groups excluding carboxylic acids is 2. The SMILES string of the molecule is CCCn1c(=O)c(C(=O)CN2CCCCC2C(N)=O)c(N)n(Cc2ccccc2)c1=O. The highest BCUT2D eigenvalue weighted by Crippen LogP contribution is 2.18. The molecule has 1 aliphatic rings. The molecule has 1 unspecified atom stereocenters. The number of anilines is 1. The van der Waals surface area contributed by atoms with Crippen LogP contribution in [0.4, 0.5) is 5.82 Å². The van der Waals surface area contributed by atoms with Gasteiger partial charge >= 0.3 is 5.69 Å². The van der Waals surface area contributed by atoms with Gasteiger partial charge in [-0.25, -0.2) is 4.79 Å². The second kappa shape index (κ2) is 9.74. The largest absolute Gasteiger partial charge is 0.384 e. The monoisotopic (exact) mass is 427 g/mol. The van der Waals surface area contributed by atoms with Crippen molar-refractivity contribution in [2.24, 2.45) is 5.73 Å². The van der Waals surface area contributed by atoms with Crippen molar-refractivity contribution in [3.8, 4) is 0 Å². The Morgan fingerprint density at radius 2 is 1.81 bits per heavy atom. The smallest absolute Gasteiger partial charge is 0.332 e. The topological polar surface area (TPSA) is 133 Å². The third kappa shape index (κ3) is 4.77. The summed E-state index contributed by atoms with van der Waals surface area (Å²) < 4.78 is 2.33. The molecule has 9 heteroatoms. The maximum atomic E-state index is 13.2. The predicted octanol–water partition coefficient (Wildman–Crippen LogP) is 0.573. The molecule has 0 saturated carbocycles. The van der Waals surface area contributed by atoms with Crippen LogP contribution in [0.25, 0.3) is 0 Å². The van der Waals surface area contributed by atoms with Crippen LogP contribution in [0.3, 0.4) is 0 Å². The highest BCUT2D eigenvalue weighted by Gasteiger charge is 2.31. The molecule has 9 nitrogen and oxygen atoms in total. The number of nitrogens with two attached hydrogens (primary N) is 2. The Hall–Kier alpha value is -3.20. The summed E-state index contributed by atoms with van der Waals surface area (Å²) in [7, 11) is 0. The van der Waals surface area contributed by atoms with Crippen LogP contribution in [0.15, 0.2) is 39.9 Å². The molecule has 0 spiro atoms. The molecule has 2 heterocycles. The highest BCUT2D eigenvalue weighted by atomic mass is 16.2. The molecule has 1 aromatic carbocycles. The van der Waals surface area contributed by atoms with Gasteiger partial charge in [0.15, 0.2) is 5.78 Å². The van der Waals surface area contributed by atoms with E-state index < -0.39 is 29.0 Å². The number of likely N-dealkylation sites (tertiary alicyclic amines) is 1. The molecule has 0 radical (unpaired) electrons. The van der Waals surface area contributed by atoms with E-state index in [1.165, 1.54) is 4.57 Å². The fraction of sp³-hybridized carbons (Fsp3) is 0.455. The highest BCUT2D eigenvalue weighted by molar-refractivity contribution is 6.01. The average Bonchev–Trinajstić information content (AvgIpc) is 2.75. The van der Waals surface area contributed by atoms with E-state index in [2.05, 4.69) is 0 Å². The van der Waals surface area contributed by atoms with Gasteiger partial charge in [-0.1, -0.05) is 43.7 Å². The Bertz CT molecular complexity index is 1070. The van der Waals surface area contributed by atoms with Crippen molar-refractivity contribution in [1.29, 1.82) is 0 Å². The lowest BCUT2D eigenvalue weighted by Crippen LogP contribution is -2.51. The summed E-state index contributed by atoms with van der Waals surface area (Å²) in [5.41, 5.74) is 11.1. The van der Waals surface area contributed by atoms with Crippen LogP contribution < -0.4 is 22.7 Å². The van der Waals surface area contributed by atoms with E-state index in [-0.39, 0.29) is 31.0 Å². The fourth-order valence-corrected chi connectivity index (χ4v) is 4.08. The normalized spacial score (nSPS) is 16.9. The molecule has 31 heavy (non-hydrogen) atoms. The number of benzene rings is 1. The van der Waals surface area contributed by atoms with E-state index in [1.54, 1.807) is 4.90 Å². The van der Waals surface area contributed by atoms with Crippen molar-refractivity contribution < 1.29 is 9.59 Å². The first-order valence-corrected chi connectivity index (χ1v) is 10.6. The van der Waals surface area contributed by atoms with Crippen molar-refractivity contribution in [1.82, 2.24) is 14.0 Å². The lowest BCUT2D eigenvalue weighted by atomic mass is 10.0. The minimum atomic E-state index is -0.689. The molecule has 1 fully saturated rings. The average molecular weight is 428 g/mol. The fourth-order valence-electron chi connectivity index (χ4n) is 4.08. The first-order chi connectivity index (χ1) is 14.8. The number of Topliss-reactive ketones (excluding diaryl/α,β-unsaturated/α-hetero) is 1. The molecule has 3 rings (SSSR count). The summed E-state index contributed by atoms with van der Waals surface area (Å²) in [4.78, 5) is 52.7. The van der Waals surface area contributed by atoms with E-state index in [9.17, 15) is 19.2 Å². The Morgan fingerprint density at radius 1 is 1.10 bits per heavy atom. The third-order valence-electron chi connectivity index (χ3n) is 5.67. The number of piperidine rings is 1. The van der Waals surface area contributed by atoms with Crippen molar-refractivity contribution in [2.45, 2.75) is 51.7 Å². The Morgan fingerprint density at radius 3 is 2.45 bits per heavy atom. The minimum absolute atomic E-state index is 0.142. The van der Waals surface area contributed by atoms with Gasteiger partial charge in [-0.05, 0) is 31.4 Å². The summed E-state index contributed by atoms with van der Waals surface area (Å²) >= 11 is 0. The van der Waals surface area contributed by atoms with Gasteiger partial charge in [-0.3, -0.25) is 28.4 Å². The number of hydrogen-bond donors (Lipinski definition) is 2. The maximum Gasteiger partial charge on any atom is 0.332 e. The van der Waals surface area contributed by atoms with E-state index in [0.717, 1.165) is 23.0 Å². The summed E-state index contributed by atoms with van der Waals surface area (Å²) in [5.74, 6) is -1.15. The molecular formula is C22H29N5O4. The van der Waals surface area contributed by atoms with Gasteiger partial charge in [0.25, 0.3) is 5.56 Å². The first-order valence-electron chi connectivity index (χ1n) is 10.6. The van der Waals surface area contributed by atoms with E-state index in [1.807, 2.05) is 37.3 Å². The summed E-state index contributed by atoms with van der Waals surface area (Å²) in [5, 5.41) is 0. The molecular weight excluding hydrogens is 398 g/mol. The van der Waals surface area contributed by atoms with Gasteiger partial charge in [0.05, 0.1) is 19.1 Å². The molecule has 0 aliphatic carbocycles. The van der Waals surface area contributed by atoms with Crippen LogP contribution in [0, 0.1) is 0 Å². The van der Waals surface area contributed by atoms with Gasteiger partial charge in [0, 0.05) is 6.54 Å². The van der Waals surface area contributed by atoms with Crippen LogP contribution in [-0.2, 0) is 17.9 Å². The van der Waals surface area contributed by atoms with Crippen molar-refractivity contribution in [3.63, 3.8) is 0 Å².